The summed E-state index contributed by atoms with van der Waals surface area (Å²) in [4.78, 5) is 14.9. The van der Waals surface area contributed by atoms with Crippen LogP contribution >= 0.6 is 0 Å². The zero-order valence-corrected chi connectivity index (χ0v) is 11.9. The van der Waals surface area contributed by atoms with Crippen LogP contribution in [-0.2, 0) is 17.8 Å². The number of hydrogen-bond acceptors (Lipinski definition) is 2. The lowest BCUT2D eigenvalue weighted by Gasteiger charge is -2.31. The highest BCUT2D eigenvalue weighted by molar-refractivity contribution is 5.83. The van der Waals surface area contributed by atoms with Gasteiger partial charge < -0.3 is 10.2 Å². The van der Waals surface area contributed by atoms with Crippen LogP contribution < -0.4 is 5.32 Å². The van der Waals surface area contributed by atoms with Gasteiger partial charge in [0, 0.05) is 19.0 Å². The fourth-order valence-corrected chi connectivity index (χ4v) is 4.08. The van der Waals surface area contributed by atoms with E-state index in [4.69, 9.17) is 0 Å². The second kappa shape index (κ2) is 4.59. The van der Waals surface area contributed by atoms with Gasteiger partial charge in [-0.15, -0.1) is 0 Å². The van der Waals surface area contributed by atoms with Gasteiger partial charge in [-0.3, -0.25) is 4.79 Å². The van der Waals surface area contributed by atoms with Crippen molar-refractivity contribution in [1.29, 1.82) is 0 Å². The number of nitrogens with one attached hydrogen (secondary N) is 1. The Hall–Kier alpha value is -1.35. The summed E-state index contributed by atoms with van der Waals surface area (Å²) in [6, 6.07) is 8.55. The van der Waals surface area contributed by atoms with E-state index in [2.05, 4.69) is 34.5 Å². The molecule has 1 N–H and O–H groups in total. The standard InChI is InChI=1S/C17H22N2O/c20-16(15-11-17(15)6-8-18-9-7-17)19-10-5-13-3-1-2-4-14(13)12-19/h1-4,15,18H,5-12H2/t15-/m1/s1. The SMILES string of the molecule is O=C([C@H]1CC12CCNCC2)N1CCc2ccccc2C1. The topological polar surface area (TPSA) is 32.3 Å². The van der Waals surface area contributed by atoms with E-state index in [9.17, 15) is 4.79 Å². The molecule has 3 nitrogen and oxygen atoms in total. The van der Waals surface area contributed by atoms with E-state index in [0.717, 1.165) is 39.0 Å². The predicted molar refractivity (Wildman–Crippen MR) is 78.2 cm³/mol. The van der Waals surface area contributed by atoms with Gasteiger partial charge in [0.25, 0.3) is 0 Å². The molecular weight excluding hydrogens is 248 g/mol. The number of benzene rings is 1. The molecule has 1 aromatic rings. The van der Waals surface area contributed by atoms with Gasteiger partial charge in [0.15, 0.2) is 0 Å². The van der Waals surface area contributed by atoms with E-state index in [0.29, 0.717) is 17.2 Å². The molecule has 2 heterocycles. The van der Waals surface area contributed by atoms with E-state index in [1.54, 1.807) is 0 Å². The molecule has 2 fully saturated rings. The third-order valence-corrected chi connectivity index (χ3v) is 5.53. The summed E-state index contributed by atoms with van der Waals surface area (Å²) in [6.07, 6.45) is 4.52. The molecule has 1 atom stereocenters. The van der Waals surface area contributed by atoms with Gasteiger partial charge in [0.1, 0.15) is 0 Å². The molecule has 4 rings (SSSR count). The number of hydrogen-bond donors (Lipinski definition) is 1. The third kappa shape index (κ3) is 1.96. The maximum Gasteiger partial charge on any atom is 0.226 e. The average molecular weight is 270 g/mol. The van der Waals surface area contributed by atoms with Crippen LogP contribution in [0.15, 0.2) is 24.3 Å². The van der Waals surface area contributed by atoms with Crippen LogP contribution in [0.4, 0.5) is 0 Å². The van der Waals surface area contributed by atoms with Crippen LogP contribution in [-0.4, -0.2) is 30.4 Å². The Kier molecular flexibility index (Phi) is 2.84. The van der Waals surface area contributed by atoms with E-state index in [1.165, 1.54) is 24.0 Å². The van der Waals surface area contributed by atoms with E-state index in [-0.39, 0.29) is 0 Å². The van der Waals surface area contributed by atoms with Crippen molar-refractivity contribution < 1.29 is 4.79 Å². The average Bonchev–Trinajstić information content (AvgIpc) is 3.20. The monoisotopic (exact) mass is 270 g/mol. The van der Waals surface area contributed by atoms with Crippen molar-refractivity contribution in [3.8, 4) is 0 Å². The number of carbonyl (C=O) groups is 1. The summed E-state index contributed by atoms with van der Waals surface area (Å²) in [6.45, 7) is 3.90. The summed E-state index contributed by atoms with van der Waals surface area (Å²) in [7, 11) is 0. The number of carbonyl (C=O) groups excluding carboxylic acids is 1. The molecule has 1 aliphatic carbocycles. The molecule has 20 heavy (non-hydrogen) atoms. The normalized spacial score (nSPS) is 27.2. The Morgan fingerprint density at radius 1 is 1.20 bits per heavy atom. The molecule has 3 aliphatic rings. The first-order valence-corrected chi connectivity index (χ1v) is 7.85. The van der Waals surface area contributed by atoms with Crippen LogP contribution in [0.2, 0.25) is 0 Å². The van der Waals surface area contributed by atoms with Crippen molar-refractivity contribution >= 4 is 5.91 Å². The molecular formula is C17H22N2O. The number of fused-ring (bicyclic) bond motifs is 1. The van der Waals surface area contributed by atoms with Crippen molar-refractivity contribution in [2.24, 2.45) is 11.3 Å². The van der Waals surface area contributed by atoms with Crippen LogP contribution in [0, 0.1) is 11.3 Å². The minimum atomic E-state index is 0.315. The molecule has 2 aliphatic heterocycles. The minimum absolute atomic E-state index is 0.315. The Morgan fingerprint density at radius 3 is 2.75 bits per heavy atom. The predicted octanol–water partition coefficient (Wildman–Crippen LogP) is 1.96. The maximum atomic E-state index is 12.7. The van der Waals surface area contributed by atoms with Crippen molar-refractivity contribution in [3.05, 3.63) is 35.4 Å². The van der Waals surface area contributed by atoms with Gasteiger partial charge in [-0.05, 0) is 55.3 Å². The number of amides is 1. The summed E-state index contributed by atoms with van der Waals surface area (Å²) < 4.78 is 0. The lowest BCUT2D eigenvalue weighted by atomic mass is 9.91. The van der Waals surface area contributed by atoms with Crippen molar-refractivity contribution in [2.75, 3.05) is 19.6 Å². The molecule has 0 aromatic heterocycles. The lowest BCUT2D eigenvalue weighted by Crippen LogP contribution is -2.39. The molecule has 1 amide bonds. The van der Waals surface area contributed by atoms with E-state index >= 15 is 0 Å². The molecule has 0 bridgehead atoms. The van der Waals surface area contributed by atoms with Crippen molar-refractivity contribution in [2.45, 2.75) is 32.2 Å². The minimum Gasteiger partial charge on any atom is -0.338 e. The highest BCUT2D eigenvalue weighted by atomic mass is 16.2. The van der Waals surface area contributed by atoms with Gasteiger partial charge in [-0.1, -0.05) is 24.3 Å². The first kappa shape index (κ1) is 12.4. The van der Waals surface area contributed by atoms with E-state index in [1.807, 2.05) is 0 Å². The highest BCUT2D eigenvalue weighted by Crippen LogP contribution is 2.59. The molecule has 1 aromatic carbocycles. The largest absolute Gasteiger partial charge is 0.338 e. The number of rotatable bonds is 1. The van der Waals surface area contributed by atoms with Crippen LogP contribution in [0.5, 0.6) is 0 Å². The Morgan fingerprint density at radius 2 is 1.95 bits per heavy atom. The number of piperidine rings is 1. The van der Waals surface area contributed by atoms with Gasteiger partial charge in [-0.2, -0.15) is 0 Å². The van der Waals surface area contributed by atoms with Crippen molar-refractivity contribution in [3.63, 3.8) is 0 Å². The Labute approximate surface area is 120 Å². The zero-order valence-electron chi connectivity index (χ0n) is 11.9. The first-order valence-electron chi connectivity index (χ1n) is 7.85. The van der Waals surface area contributed by atoms with Crippen LogP contribution in [0.1, 0.15) is 30.4 Å². The first-order chi connectivity index (χ1) is 9.78. The molecule has 0 radical (unpaired) electrons. The molecule has 1 saturated carbocycles. The van der Waals surface area contributed by atoms with Gasteiger partial charge in [-0.25, -0.2) is 0 Å². The summed E-state index contributed by atoms with van der Waals surface area (Å²) >= 11 is 0. The third-order valence-electron chi connectivity index (χ3n) is 5.53. The van der Waals surface area contributed by atoms with Gasteiger partial charge >= 0.3 is 0 Å². The second-order valence-corrected chi connectivity index (χ2v) is 6.65. The summed E-state index contributed by atoms with van der Waals surface area (Å²) in [5.41, 5.74) is 3.12. The molecule has 1 saturated heterocycles. The van der Waals surface area contributed by atoms with Crippen LogP contribution in [0.25, 0.3) is 0 Å². The van der Waals surface area contributed by atoms with Gasteiger partial charge in [0.05, 0.1) is 0 Å². The van der Waals surface area contributed by atoms with Gasteiger partial charge in [0.2, 0.25) is 5.91 Å². The Bertz CT molecular complexity index is 534. The van der Waals surface area contributed by atoms with Crippen LogP contribution in [0.3, 0.4) is 0 Å². The maximum absolute atomic E-state index is 12.7. The quantitative estimate of drug-likeness (QED) is 0.846. The van der Waals surface area contributed by atoms with Crippen molar-refractivity contribution in [1.82, 2.24) is 10.2 Å². The molecule has 106 valence electrons. The van der Waals surface area contributed by atoms with E-state index < -0.39 is 0 Å². The molecule has 1 spiro atoms. The summed E-state index contributed by atoms with van der Waals surface area (Å²) in [5, 5.41) is 3.41. The zero-order chi connectivity index (χ0) is 13.6. The second-order valence-electron chi connectivity index (χ2n) is 6.65. The smallest absolute Gasteiger partial charge is 0.226 e. The lowest BCUT2D eigenvalue weighted by molar-refractivity contribution is -0.134. The fraction of sp³-hybridized carbons (Fsp3) is 0.588. The highest BCUT2D eigenvalue weighted by Gasteiger charge is 2.58. The Balaban J connectivity index is 1.46. The number of nitrogens with zero attached hydrogens (tertiary/aromatic N) is 1. The fourth-order valence-electron chi connectivity index (χ4n) is 4.08. The molecule has 3 heteroatoms. The summed E-state index contributed by atoms with van der Waals surface area (Å²) in [5.74, 6) is 0.733. The molecule has 0 unspecified atom stereocenters.